The molecule has 0 heterocycles. The third-order valence-electron chi connectivity index (χ3n) is 5.22. The first-order valence-electron chi connectivity index (χ1n) is 10.6. The summed E-state index contributed by atoms with van der Waals surface area (Å²) in [6.07, 6.45) is 15.1. The summed E-state index contributed by atoms with van der Waals surface area (Å²) in [7, 11) is 0. The Bertz CT molecular complexity index is 270. The molecule has 0 atom stereocenters. The van der Waals surface area contributed by atoms with Gasteiger partial charge in [0.25, 0.3) is 0 Å². The van der Waals surface area contributed by atoms with Gasteiger partial charge in [-0.1, -0.05) is 59.3 Å². The smallest absolute Gasteiger partial charge is 0.0786 e. The zero-order chi connectivity index (χ0) is 18.1. The zero-order valence-corrected chi connectivity index (χ0v) is 16.8. The lowest BCUT2D eigenvalue weighted by Gasteiger charge is -2.39. The molecule has 0 amide bonds. The molecule has 0 aliphatic heterocycles. The maximum absolute atomic E-state index is 10.4. The summed E-state index contributed by atoms with van der Waals surface area (Å²) in [5.41, 5.74) is 0. The maximum atomic E-state index is 10.4. The summed E-state index contributed by atoms with van der Waals surface area (Å²) in [5.74, 6) is -0.903. The SMILES string of the molecule is CCCC[N+](CCCC)(CCCC)CCCCCCCCC(=O)[O-]. The average molecular weight is 342 g/mol. The number of aliphatic carboxylic acids is 1. The topological polar surface area (TPSA) is 40.1 Å². The van der Waals surface area contributed by atoms with E-state index < -0.39 is 5.97 Å². The molecule has 0 N–H and O–H groups in total. The highest BCUT2D eigenvalue weighted by Gasteiger charge is 2.24. The van der Waals surface area contributed by atoms with Gasteiger partial charge in [-0.05, 0) is 44.9 Å². The molecule has 0 unspecified atom stereocenters. The number of unbranched alkanes of at least 4 members (excludes halogenated alkanes) is 8. The third kappa shape index (κ3) is 12.8. The molecule has 0 fully saturated rings. The third-order valence-corrected chi connectivity index (χ3v) is 5.22. The van der Waals surface area contributed by atoms with Crippen LogP contribution in [0.25, 0.3) is 0 Å². The minimum Gasteiger partial charge on any atom is -0.550 e. The number of quaternary nitrogens is 1. The molecule has 0 aromatic rings. The van der Waals surface area contributed by atoms with E-state index in [4.69, 9.17) is 0 Å². The van der Waals surface area contributed by atoms with E-state index in [0.29, 0.717) is 0 Å². The van der Waals surface area contributed by atoms with Gasteiger partial charge in [0.05, 0.1) is 26.2 Å². The normalized spacial score (nSPS) is 11.8. The van der Waals surface area contributed by atoms with Crippen LogP contribution in [-0.2, 0) is 4.79 Å². The van der Waals surface area contributed by atoms with Gasteiger partial charge in [-0.2, -0.15) is 0 Å². The van der Waals surface area contributed by atoms with Gasteiger partial charge in [0, 0.05) is 5.97 Å². The molecule has 24 heavy (non-hydrogen) atoms. The van der Waals surface area contributed by atoms with Crippen molar-refractivity contribution in [1.82, 2.24) is 0 Å². The molecule has 0 saturated heterocycles. The Hall–Kier alpha value is -0.570. The molecule has 0 rings (SSSR count). The van der Waals surface area contributed by atoms with Crippen molar-refractivity contribution in [2.24, 2.45) is 0 Å². The van der Waals surface area contributed by atoms with E-state index in [-0.39, 0.29) is 6.42 Å². The van der Waals surface area contributed by atoms with Crippen LogP contribution in [0, 0.1) is 0 Å². The molecular formula is C21H43NO2. The number of carbonyl (C=O) groups is 1. The predicted octanol–water partition coefficient (Wildman–Crippen LogP) is 4.68. The summed E-state index contributed by atoms with van der Waals surface area (Å²) in [6, 6.07) is 0. The van der Waals surface area contributed by atoms with E-state index in [2.05, 4.69) is 20.8 Å². The fourth-order valence-electron chi connectivity index (χ4n) is 3.58. The van der Waals surface area contributed by atoms with E-state index in [1.165, 1.54) is 94.9 Å². The van der Waals surface area contributed by atoms with Gasteiger partial charge in [0.1, 0.15) is 0 Å². The number of nitrogens with zero attached hydrogens (tertiary/aromatic N) is 1. The van der Waals surface area contributed by atoms with Gasteiger partial charge in [0.15, 0.2) is 0 Å². The summed E-state index contributed by atoms with van der Waals surface area (Å²) >= 11 is 0. The number of rotatable bonds is 18. The van der Waals surface area contributed by atoms with E-state index in [0.717, 1.165) is 12.8 Å². The molecule has 144 valence electrons. The van der Waals surface area contributed by atoms with Crippen molar-refractivity contribution >= 4 is 5.97 Å². The quantitative estimate of drug-likeness (QED) is 0.268. The van der Waals surface area contributed by atoms with Gasteiger partial charge < -0.3 is 14.4 Å². The molecule has 0 aromatic carbocycles. The van der Waals surface area contributed by atoms with Crippen molar-refractivity contribution in [3.63, 3.8) is 0 Å². The number of carboxylic acids is 1. The van der Waals surface area contributed by atoms with Crippen molar-refractivity contribution in [3.05, 3.63) is 0 Å². The fraction of sp³-hybridized carbons (Fsp3) is 0.952. The first kappa shape index (κ1) is 23.4. The fourth-order valence-corrected chi connectivity index (χ4v) is 3.58. The van der Waals surface area contributed by atoms with Gasteiger partial charge in [-0.25, -0.2) is 0 Å². The minimum absolute atomic E-state index is 0.227. The van der Waals surface area contributed by atoms with Crippen molar-refractivity contribution in [2.75, 3.05) is 26.2 Å². The Balaban J connectivity index is 4.14. The Morgan fingerprint density at radius 3 is 1.42 bits per heavy atom. The Morgan fingerprint density at radius 2 is 1.00 bits per heavy atom. The van der Waals surface area contributed by atoms with Crippen LogP contribution >= 0.6 is 0 Å². The highest BCUT2D eigenvalue weighted by atomic mass is 16.4. The lowest BCUT2D eigenvalue weighted by atomic mass is 10.1. The average Bonchev–Trinajstić information content (AvgIpc) is 2.57. The summed E-state index contributed by atoms with van der Waals surface area (Å²) in [5, 5.41) is 10.4. The molecular weight excluding hydrogens is 298 g/mol. The standard InChI is InChI=1S/C21H43NO2/c1-4-7-17-22(18-8-5-2,19-9-6-3)20-15-13-11-10-12-14-16-21(23)24/h4-20H2,1-3H3. The Kier molecular flexibility index (Phi) is 15.6. The molecule has 0 saturated carbocycles. The first-order chi connectivity index (χ1) is 11.6. The summed E-state index contributed by atoms with van der Waals surface area (Å²) in [4.78, 5) is 10.4. The summed E-state index contributed by atoms with van der Waals surface area (Å²) in [6.45, 7) is 12.4. The molecule has 0 aromatic heterocycles. The number of carbonyl (C=O) groups excluding carboxylic acids is 1. The predicted molar refractivity (Wildman–Crippen MR) is 102 cm³/mol. The molecule has 0 spiro atoms. The number of hydrogen-bond acceptors (Lipinski definition) is 2. The van der Waals surface area contributed by atoms with Crippen LogP contribution in [0.5, 0.6) is 0 Å². The van der Waals surface area contributed by atoms with Crippen LogP contribution in [0.1, 0.15) is 104 Å². The molecule has 0 aliphatic rings. The first-order valence-corrected chi connectivity index (χ1v) is 10.6. The Labute approximate surface area is 151 Å². The molecule has 0 radical (unpaired) electrons. The molecule has 3 heteroatoms. The highest BCUT2D eigenvalue weighted by Crippen LogP contribution is 2.18. The van der Waals surface area contributed by atoms with Crippen LogP contribution < -0.4 is 5.11 Å². The van der Waals surface area contributed by atoms with Gasteiger partial charge in [0.2, 0.25) is 0 Å². The monoisotopic (exact) mass is 341 g/mol. The second kappa shape index (κ2) is 15.9. The van der Waals surface area contributed by atoms with Crippen molar-refractivity contribution in [1.29, 1.82) is 0 Å². The van der Waals surface area contributed by atoms with E-state index >= 15 is 0 Å². The van der Waals surface area contributed by atoms with Crippen molar-refractivity contribution in [3.8, 4) is 0 Å². The van der Waals surface area contributed by atoms with Crippen LogP contribution in [0.3, 0.4) is 0 Å². The lowest BCUT2D eigenvalue weighted by molar-refractivity contribution is -0.929. The van der Waals surface area contributed by atoms with Crippen LogP contribution in [-0.4, -0.2) is 36.6 Å². The van der Waals surface area contributed by atoms with E-state index in [1.807, 2.05) is 0 Å². The van der Waals surface area contributed by atoms with Crippen molar-refractivity contribution < 1.29 is 14.4 Å². The van der Waals surface area contributed by atoms with E-state index in [1.54, 1.807) is 0 Å². The maximum Gasteiger partial charge on any atom is 0.0786 e. The largest absolute Gasteiger partial charge is 0.550 e. The van der Waals surface area contributed by atoms with Gasteiger partial charge >= 0.3 is 0 Å². The van der Waals surface area contributed by atoms with Gasteiger partial charge in [-0.15, -0.1) is 0 Å². The van der Waals surface area contributed by atoms with Crippen LogP contribution in [0.4, 0.5) is 0 Å². The van der Waals surface area contributed by atoms with E-state index in [9.17, 15) is 9.90 Å². The molecule has 0 aliphatic carbocycles. The number of hydrogen-bond donors (Lipinski definition) is 0. The molecule has 3 nitrogen and oxygen atoms in total. The second-order valence-electron chi connectivity index (χ2n) is 7.54. The van der Waals surface area contributed by atoms with Gasteiger partial charge in [-0.3, -0.25) is 0 Å². The summed E-state index contributed by atoms with van der Waals surface area (Å²) < 4.78 is 1.35. The Morgan fingerprint density at radius 1 is 0.625 bits per heavy atom. The van der Waals surface area contributed by atoms with Crippen LogP contribution in [0.15, 0.2) is 0 Å². The minimum atomic E-state index is -0.903. The number of carboxylic acid groups (broad SMARTS) is 1. The van der Waals surface area contributed by atoms with Crippen LogP contribution in [0.2, 0.25) is 0 Å². The lowest BCUT2D eigenvalue weighted by Crippen LogP contribution is -2.50. The molecule has 0 bridgehead atoms. The zero-order valence-electron chi connectivity index (χ0n) is 16.8. The van der Waals surface area contributed by atoms with Crippen molar-refractivity contribution in [2.45, 2.75) is 104 Å². The highest BCUT2D eigenvalue weighted by molar-refractivity contribution is 5.63. The second-order valence-corrected chi connectivity index (χ2v) is 7.54.